The predicted molar refractivity (Wildman–Crippen MR) is 102 cm³/mol. The molecule has 0 saturated heterocycles. The summed E-state index contributed by atoms with van der Waals surface area (Å²) in [5.74, 6) is 0. The van der Waals surface area contributed by atoms with E-state index in [2.05, 4.69) is 10.2 Å². The largest absolute Gasteiger partial charge is 0.321 e. The third-order valence-corrected chi connectivity index (χ3v) is 6.01. The van der Waals surface area contributed by atoms with Crippen LogP contribution in [0.15, 0.2) is 84.9 Å². The van der Waals surface area contributed by atoms with E-state index >= 15 is 0 Å². The third-order valence-electron chi connectivity index (χ3n) is 3.81. The first-order valence-corrected chi connectivity index (χ1v) is 9.66. The third kappa shape index (κ3) is 4.14. The van der Waals surface area contributed by atoms with Gasteiger partial charge in [-0.3, -0.25) is 4.57 Å². The Balaban J connectivity index is 1.86. The average Bonchev–Trinajstić information content (AvgIpc) is 2.64. The summed E-state index contributed by atoms with van der Waals surface area (Å²) in [4.78, 5) is 0. The highest BCUT2D eigenvalue weighted by Crippen LogP contribution is 2.40. The van der Waals surface area contributed by atoms with E-state index in [1.54, 1.807) is 0 Å². The molecule has 4 heteroatoms. The van der Waals surface area contributed by atoms with Gasteiger partial charge in [0.05, 0.1) is 0 Å². The highest BCUT2D eigenvalue weighted by Gasteiger charge is 2.24. The second-order valence-electron chi connectivity index (χ2n) is 5.74. The molecule has 24 heavy (non-hydrogen) atoms. The molecule has 2 N–H and O–H groups in total. The molecule has 3 aromatic carbocycles. The minimum absolute atomic E-state index is 0.534. The van der Waals surface area contributed by atoms with Gasteiger partial charge in [-0.15, -0.1) is 0 Å². The number of nitrogens with one attached hydrogen (secondary N) is 2. The molecular formula is C20H21N2OP. The Morgan fingerprint density at radius 3 is 2.00 bits per heavy atom. The number of benzene rings is 3. The topological polar surface area (TPSA) is 41.1 Å². The second kappa shape index (κ2) is 7.48. The van der Waals surface area contributed by atoms with Crippen molar-refractivity contribution in [3.8, 4) is 0 Å². The molecule has 3 rings (SSSR count). The molecule has 0 heterocycles. The molecule has 0 saturated carbocycles. The molecule has 0 aliphatic rings. The number of hydrogen-bond acceptors (Lipinski definition) is 1. The number of rotatable bonds is 6. The maximum absolute atomic E-state index is 13.6. The van der Waals surface area contributed by atoms with E-state index in [1.807, 2.05) is 91.9 Å². The van der Waals surface area contributed by atoms with Gasteiger partial charge < -0.3 is 5.09 Å². The van der Waals surface area contributed by atoms with Crippen molar-refractivity contribution in [2.45, 2.75) is 13.5 Å². The molecule has 0 spiro atoms. The lowest BCUT2D eigenvalue weighted by Crippen LogP contribution is -2.24. The minimum atomic E-state index is -2.97. The van der Waals surface area contributed by atoms with Crippen LogP contribution >= 0.6 is 7.44 Å². The van der Waals surface area contributed by atoms with Crippen molar-refractivity contribution in [2.24, 2.45) is 0 Å². The molecule has 0 radical (unpaired) electrons. The van der Waals surface area contributed by atoms with Crippen LogP contribution in [-0.4, -0.2) is 0 Å². The van der Waals surface area contributed by atoms with E-state index in [0.717, 1.165) is 16.6 Å². The molecule has 0 amide bonds. The van der Waals surface area contributed by atoms with Crippen LogP contribution in [0.4, 0.5) is 5.69 Å². The zero-order chi connectivity index (χ0) is 16.8. The SMILES string of the molecule is Cc1ccc(N[P@@](=O)(NCc2ccccc2)c2ccccc2)cc1. The maximum Gasteiger partial charge on any atom is 0.264 e. The van der Waals surface area contributed by atoms with Gasteiger partial charge in [0, 0.05) is 17.5 Å². The van der Waals surface area contributed by atoms with Crippen LogP contribution in [0.25, 0.3) is 0 Å². The average molecular weight is 336 g/mol. The molecule has 3 aromatic rings. The Morgan fingerprint density at radius 1 is 0.792 bits per heavy atom. The summed E-state index contributed by atoms with van der Waals surface area (Å²) in [7, 11) is -2.97. The zero-order valence-corrected chi connectivity index (χ0v) is 14.5. The molecule has 0 aromatic heterocycles. The van der Waals surface area contributed by atoms with Crippen LogP contribution in [0.2, 0.25) is 0 Å². The van der Waals surface area contributed by atoms with Gasteiger partial charge in [0.25, 0.3) is 7.44 Å². The Labute approximate surface area is 143 Å². The van der Waals surface area contributed by atoms with E-state index < -0.39 is 7.44 Å². The fourth-order valence-electron chi connectivity index (χ4n) is 2.44. The lowest BCUT2D eigenvalue weighted by atomic mass is 10.2. The van der Waals surface area contributed by atoms with Crippen molar-refractivity contribution >= 4 is 18.4 Å². The standard InChI is InChI=1S/C20H21N2OP/c1-17-12-14-19(15-13-17)22-24(23,20-10-6-3-7-11-20)21-16-18-8-4-2-5-9-18/h2-15H,16H2,1H3,(H2,21,22,23)/t24-/m0/s1. The van der Waals surface area contributed by atoms with Crippen molar-refractivity contribution in [3.63, 3.8) is 0 Å². The fourth-order valence-corrected chi connectivity index (χ4v) is 4.34. The summed E-state index contributed by atoms with van der Waals surface area (Å²) >= 11 is 0. The monoisotopic (exact) mass is 336 g/mol. The molecule has 0 unspecified atom stereocenters. The highest BCUT2D eigenvalue weighted by molar-refractivity contribution is 7.71. The summed E-state index contributed by atoms with van der Waals surface area (Å²) in [5.41, 5.74) is 3.11. The Hall–Kier alpha value is -2.35. The van der Waals surface area contributed by atoms with Crippen LogP contribution in [0.3, 0.4) is 0 Å². The van der Waals surface area contributed by atoms with E-state index in [-0.39, 0.29) is 0 Å². The van der Waals surface area contributed by atoms with E-state index in [1.165, 1.54) is 5.56 Å². The molecule has 0 bridgehead atoms. The van der Waals surface area contributed by atoms with E-state index in [0.29, 0.717) is 6.54 Å². The number of hydrogen-bond donors (Lipinski definition) is 2. The highest BCUT2D eigenvalue weighted by atomic mass is 31.2. The normalized spacial score (nSPS) is 13.2. The van der Waals surface area contributed by atoms with Gasteiger partial charge in [-0.05, 0) is 36.8 Å². The van der Waals surface area contributed by atoms with Crippen molar-refractivity contribution in [3.05, 3.63) is 96.1 Å². The first kappa shape index (κ1) is 16.5. The Bertz CT molecular complexity index is 817. The summed E-state index contributed by atoms with van der Waals surface area (Å²) in [6, 6.07) is 27.4. The van der Waals surface area contributed by atoms with Gasteiger partial charge in [-0.1, -0.05) is 66.2 Å². The van der Waals surface area contributed by atoms with Crippen LogP contribution in [-0.2, 0) is 11.1 Å². The Morgan fingerprint density at radius 2 is 1.38 bits per heavy atom. The van der Waals surface area contributed by atoms with Crippen LogP contribution in [0.1, 0.15) is 11.1 Å². The number of anilines is 1. The van der Waals surface area contributed by atoms with Crippen LogP contribution < -0.4 is 15.5 Å². The molecule has 0 fully saturated rings. The summed E-state index contributed by atoms with van der Waals surface area (Å²) in [6.45, 7) is 2.57. The molecular weight excluding hydrogens is 315 g/mol. The van der Waals surface area contributed by atoms with Crippen molar-refractivity contribution in [2.75, 3.05) is 5.09 Å². The lowest BCUT2D eigenvalue weighted by Gasteiger charge is -2.22. The molecule has 122 valence electrons. The van der Waals surface area contributed by atoms with Gasteiger partial charge in [0.15, 0.2) is 0 Å². The smallest absolute Gasteiger partial charge is 0.264 e. The van der Waals surface area contributed by atoms with Crippen molar-refractivity contribution < 1.29 is 4.57 Å². The number of aryl methyl sites for hydroxylation is 1. The maximum atomic E-state index is 13.6. The van der Waals surface area contributed by atoms with Gasteiger partial charge in [-0.25, -0.2) is 5.09 Å². The van der Waals surface area contributed by atoms with Gasteiger partial charge in [0.1, 0.15) is 0 Å². The van der Waals surface area contributed by atoms with E-state index in [9.17, 15) is 4.57 Å². The van der Waals surface area contributed by atoms with Gasteiger partial charge >= 0.3 is 0 Å². The van der Waals surface area contributed by atoms with Crippen molar-refractivity contribution in [1.82, 2.24) is 5.09 Å². The summed E-state index contributed by atoms with van der Waals surface area (Å²) < 4.78 is 13.6. The first-order chi connectivity index (χ1) is 11.7. The van der Waals surface area contributed by atoms with Crippen LogP contribution in [0.5, 0.6) is 0 Å². The Kier molecular flexibility index (Phi) is 5.14. The van der Waals surface area contributed by atoms with Gasteiger partial charge in [-0.2, -0.15) is 0 Å². The van der Waals surface area contributed by atoms with Crippen LogP contribution in [0, 0.1) is 6.92 Å². The lowest BCUT2D eigenvalue weighted by molar-refractivity contribution is 0.575. The fraction of sp³-hybridized carbons (Fsp3) is 0.100. The van der Waals surface area contributed by atoms with E-state index in [4.69, 9.17) is 0 Å². The molecule has 0 aliphatic heterocycles. The molecule has 3 nitrogen and oxygen atoms in total. The second-order valence-corrected chi connectivity index (χ2v) is 8.02. The minimum Gasteiger partial charge on any atom is -0.321 e. The molecule has 0 aliphatic carbocycles. The summed E-state index contributed by atoms with van der Waals surface area (Å²) in [6.07, 6.45) is 0. The molecule has 1 atom stereocenters. The van der Waals surface area contributed by atoms with Crippen molar-refractivity contribution in [1.29, 1.82) is 0 Å². The first-order valence-electron chi connectivity index (χ1n) is 7.95. The zero-order valence-electron chi connectivity index (χ0n) is 13.6. The van der Waals surface area contributed by atoms with Gasteiger partial charge in [0.2, 0.25) is 0 Å². The predicted octanol–water partition coefficient (Wildman–Crippen LogP) is 4.72. The quantitative estimate of drug-likeness (QED) is 0.640. The summed E-state index contributed by atoms with van der Waals surface area (Å²) in [5, 5.41) is 7.22.